The summed E-state index contributed by atoms with van der Waals surface area (Å²) in [6, 6.07) is 1.84. The minimum Gasteiger partial charge on any atom is -0.475 e. The second-order valence-corrected chi connectivity index (χ2v) is 5.18. The van der Waals surface area contributed by atoms with E-state index in [1.807, 2.05) is 26.8 Å². The van der Waals surface area contributed by atoms with E-state index >= 15 is 0 Å². The number of aromatic nitrogens is 2. The zero-order valence-corrected chi connectivity index (χ0v) is 12.3. The molecule has 1 unspecified atom stereocenters. The molecule has 1 rings (SSSR count). The molecule has 4 nitrogen and oxygen atoms in total. The molecule has 0 bridgehead atoms. The highest BCUT2D eigenvalue weighted by atomic mass is 35.5. The number of aryl methyl sites for hydroxylation is 1. The van der Waals surface area contributed by atoms with Crippen LogP contribution in [-0.4, -0.2) is 28.5 Å². The number of hydrogen-bond donors (Lipinski definition) is 1. The lowest BCUT2D eigenvalue weighted by Gasteiger charge is -2.13. The number of halogens is 1. The first-order valence-corrected chi connectivity index (χ1v) is 6.87. The Labute approximate surface area is 114 Å². The summed E-state index contributed by atoms with van der Waals surface area (Å²) in [5.41, 5.74) is 0.896. The Balaban J connectivity index is 2.62. The Morgan fingerprint density at radius 1 is 1.33 bits per heavy atom. The SMILES string of the molecule is Cc1cc(OC(C)C)nc(NCC(C)CCCl)n1. The second-order valence-electron chi connectivity index (χ2n) is 4.80. The predicted octanol–water partition coefficient (Wildman–Crippen LogP) is 3.25. The van der Waals surface area contributed by atoms with Crippen molar-refractivity contribution in [2.24, 2.45) is 5.92 Å². The van der Waals surface area contributed by atoms with Crippen molar-refractivity contribution in [3.8, 4) is 5.88 Å². The Hall–Kier alpha value is -1.03. The summed E-state index contributed by atoms with van der Waals surface area (Å²) in [6.07, 6.45) is 1.10. The highest BCUT2D eigenvalue weighted by Gasteiger charge is 2.06. The van der Waals surface area contributed by atoms with E-state index in [2.05, 4.69) is 22.2 Å². The first kappa shape index (κ1) is 15.0. The summed E-state index contributed by atoms with van der Waals surface area (Å²) >= 11 is 5.71. The van der Waals surface area contributed by atoms with Crippen LogP contribution in [0.2, 0.25) is 0 Å². The van der Waals surface area contributed by atoms with E-state index in [1.54, 1.807) is 0 Å². The number of nitrogens with one attached hydrogen (secondary N) is 1. The van der Waals surface area contributed by atoms with Crippen LogP contribution in [0.3, 0.4) is 0 Å². The van der Waals surface area contributed by atoms with Crippen molar-refractivity contribution in [1.29, 1.82) is 0 Å². The van der Waals surface area contributed by atoms with Crippen molar-refractivity contribution < 1.29 is 4.74 Å². The summed E-state index contributed by atoms with van der Waals surface area (Å²) < 4.78 is 5.58. The summed E-state index contributed by atoms with van der Waals surface area (Å²) in [5, 5.41) is 3.22. The minimum atomic E-state index is 0.113. The van der Waals surface area contributed by atoms with Crippen LogP contribution in [0.4, 0.5) is 5.95 Å². The standard InChI is InChI=1S/C13H22ClN3O/c1-9(2)18-12-7-11(4)16-13(17-12)15-8-10(3)5-6-14/h7,9-10H,5-6,8H2,1-4H3,(H,15,16,17). The lowest BCUT2D eigenvalue weighted by Crippen LogP contribution is -2.15. The summed E-state index contributed by atoms with van der Waals surface area (Å²) in [7, 11) is 0. The van der Waals surface area contributed by atoms with Crippen LogP contribution < -0.4 is 10.1 Å². The Morgan fingerprint density at radius 2 is 2.06 bits per heavy atom. The third kappa shape index (κ3) is 5.54. The van der Waals surface area contributed by atoms with Crippen LogP contribution in [0, 0.1) is 12.8 Å². The van der Waals surface area contributed by atoms with Crippen LogP contribution >= 0.6 is 11.6 Å². The molecule has 102 valence electrons. The largest absolute Gasteiger partial charge is 0.475 e. The minimum absolute atomic E-state index is 0.113. The zero-order chi connectivity index (χ0) is 13.5. The van der Waals surface area contributed by atoms with Gasteiger partial charge in [0, 0.05) is 24.2 Å². The molecule has 1 aromatic heterocycles. The van der Waals surface area contributed by atoms with Crippen molar-refractivity contribution in [2.75, 3.05) is 17.7 Å². The zero-order valence-electron chi connectivity index (χ0n) is 11.5. The Bertz CT molecular complexity index is 371. The van der Waals surface area contributed by atoms with Crippen molar-refractivity contribution >= 4 is 17.5 Å². The van der Waals surface area contributed by atoms with Crippen molar-refractivity contribution in [2.45, 2.75) is 40.2 Å². The topological polar surface area (TPSA) is 47.0 Å². The molecule has 0 radical (unpaired) electrons. The van der Waals surface area contributed by atoms with Gasteiger partial charge in [-0.3, -0.25) is 0 Å². The maximum atomic E-state index is 5.71. The smallest absolute Gasteiger partial charge is 0.226 e. The lowest BCUT2D eigenvalue weighted by molar-refractivity contribution is 0.232. The maximum absolute atomic E-state index is 5.71. The van der Waals surface area contributed by atoms with E-state index in [0.717, 1.165) is 18.7 Å². The van der Waals surface area contributed by atoms with Crippen molar-refractivity contribution in [1.82, 2.24) is 9.97 Å². The van der Waals surface area contributed by atoms with Gasteiger partial charge in [0.15, 0.2) is 0 Å². The molecule has 0 aromatic carbocycles. The van der Waals surface area contributed by atoms with Crippen LogP contribution in [0.25, 0.3) is 0 Å². The summed E-state index contributed by atoms with van der Waals surface area (Å²) in [5.74, 6) is 2.41. The normalized spacial score (nSPS) is 12.6. The van der Waals surface area contributed by atoms with Crippen LogP contribution in [0.15, 0.2) is 6.07 Å². The van der Waals surface area contributed by atoms with Crippen molar-refractivity contribution in [3.05, 3.63) is 11.8 Å². The molecule has 0 aliphatic rings. The number of ether oxygens (including phenoxy) is 1. The van der Waals surface area contributed by atoms with Gasteiger partial charge in [0.25, 0.3) is 0 Å². The van der Waals surface area contributed by atoms with Gasteiger partial charge in [-0.25, -0.2) is 4.98 Å². The molecular weight excluding hydrogens is 250 g/mol. The molecule has 18 heavy (non-hydrogen) atoms. The molecule has 0 saturated carbocycles. The van der Waals surface area contributed by atoms with E-state index in [0.29, 0.717) is 23.6 Å². The van der Waals surface area contributed by atoms with Gasteiger partial charge in [-0.1, -0.05) is 6.92 Å². The fourth-order valence-corrected chi connectivity index (χ4v) is 1.85. The fraction of sp³-hybridized carbons (Fsp3) is 0.692. The second kappa shape index (κ2) is 7.41. The number of alkyl halides is 1. The molecule has 5 heteroatoms. The molecule has 0 aliphatic heterocycles. The van der Waals surface area contributed by atoms with Crippen LogP contribution in [0.1, 0.15) is 32.9 Å². The van der Waals surface area contributed by atoms with Gasteiger partial charge < -0.3 is 10.1 Å². The predicted molar refractivity (Wildman–Crippen MR) is 75.5 cm³/mol. The number of rotatable bonds is 7. The van der Waals surface area contributed by atoms with Gasteiger partial charge in [-0.2, -0.15) is 4.98 Å². The van der Waals surface area contributed by atoms with Gasteiger partial charge in [0.05, 0.1) is 6.10 Å². The van der Waals surface area contributed by atoms with E-state index in [4.69, 9.17) is 16.3 Å². The number of nitrogens with zero attached hydrogens (tertiary/aromatic N) is 2. The summed E-state index contributed by atoms with van der Waals surface area (Å²) in [4.78, 5) is 8.67. The van der Waals surface area contributed by atoms with Gasteiger partial charge in [0.2, 0.25) is 11.8 Å². The molecule has 0 saturated heterocycles. The third-order valence-electron chi connectivity index (χ3n) is 2.40. The van der Waals surface area contributed by atoms with Gasteiger partial charge >= 0.3 is 0 Å². The average molecular weight is 272 g/mol. The fourth-order valence-electron chi connectivity index (χ4n) is 1.47. The van der Waals surface area contributed by atoms with Gasteiger partial charge in [-0.15, -0.1) is 11.6 Å². The van der Waals surface area contributed by atoms with Crippen molar-refractivity contribution in [3.63, 3.8) is 0 Å². The highest BCUT2D eigenvalue weighted by molar-refractivity contribution is 6.17. The van der Waals surface area contributed by atoms with E-state index in [9.17, 15) is 0 Å². The number of anilines is 1. The van der Waals surface area contributed by atoms with Gasteiger partial charge in [0.1, 0.15) is 0 Å². The van der Waals surface area contributed by atoms with E-state index in [1.165, 1.54) is 0 Å². The average Bonchev–Trinajstić information content (AvgIpc) is 2.25. The Morgan fingerprint density at radius 3 is 2.67 bits per heavy atom. The third-order valence-corrected chi connectivity index (χ3v) is 2.62. The molecule has 0 amide bonds. The monoisotopic (exact) mass is 271 g/mol. The molecule has 1 N–H and O–H groups in total. The molecule has 1 aromatic rings. The van der Waals surface area contributed by atoms with Gasteiger partial charge in [-0.05, 0) is 33.1 Å². The molecule has 0 spiro atoms. The Kier molecular flexibility index (Phi) is 6.19. The lowest BCUT2D eigenvalue weighted by atomic mass is 10.1. The summed E-state index contributed by atoms with van der Waals surface area (Å²) in [6.45, 7) is 8.86. The number of hydrogen-bond acceptors (Lipinski definition) is 4. The maximum Gasteiger partial charge on any atom is 0.226 e. The molecule has 0 aliphatic carbocycles. The molecular formula is C13H22ClN3O. The van der Waals surface area contributed by atoms with E-state index < -0.39 is 0 Å². The van der Waals surface area contributed by atoms with E-state index in [-0.39, 0.29) is 6.10 Å². The first-order valence-electron chi connectivity index (χ1n) is 6.33. The van der Waals surface area contributed by atoms with Crippen LogP contribution in [-0.2, 0) is 0 Å². The molecule has 1 atom stereocenters. The first-order chi connectivity index (χ1) is 8.51. The highest BCUT2D eigenvalue weighted by Crippen LogP contribution is 2.14. The van der Waals surface area contributed by atoms with Crippen LogP contribution in [0.5, 0.6) is 5.88 Å². The quantitative estimate of drug-likeness (QED) is 0.774. The molecule has 0 fully saturated rings. The molecule has 1 heterocycles.